The largest absolute Gasteiger partial charge is 0.380 e. The molecule has 9 rings (SSSR count). The monoisotopic (exact) mass is 913 g/mol. The van der Waals surface area contributed by atoms with Crippen LogP contribution >= 0.6 is 0 Å². The van der Waals surface area contributed by atoms with E-state index < -0.39 is 0 Å². The summed E-state index contributed by atoms with van der Waals surface area (Å²) in [6.45, 7) is 27.1. The molecule has 0 spiro atoms. The number of fused-ring (bicyclic) bond motifs is 18. The van der Waals surface area contributed by atoms with Crippen molar-refractivity contribution in [2.24, 2.45) is 36.3 Å². The summed E-state index contributed by atoms with van der Waals surface area (Å²) in [7, 11) is 16.8. The molecule has 0 fully saturated rings. The average molecular weight is 913 g/mol. The number of H-pyrrole nitrogens is 3. The maximum atomic E-state index is 5.64. The van der Waals surface area contributed by atoms with Gasteiger partial charge >= 0.3 is 0 Å². The molecule has 3 N–H and O–H groups in total. The van der Waals surface area contributed by atoms with Gasteiger partial charge < -0.3 is 34.6 Å². The van der Waals surface area contributed by atoms with Gasteiger partial charge in [-0.1, -0.05) is 89.2 Å². The third-order valence-corrected chi connectivity index (χ3v) is 13.8. The number of aromatic nitrogens is 3. The topological polar surface area (TPSA) is 122 Å². The van der Waals surface area contributed by atoms with Crippen LogP contribution in [0, 0.1) is 11.3 Å². The Balaban J connectivity index is 1.56. The van der Waals surface area contributed by atoms with Gasteiger partial charge in [0.15, 0.2) is 5.82 Å². The SMILES string of the molecule is CN(C)C1=CC(C(C)(C)C)=CC2=C3N=C(N=c4[nH]/c(c5c(N(C)C)cc(C(C)(C)C)cc45)=N\c4[nH]c(c5c(N(C)C)cc(C(C)(C)C)cc45)N=c4[nH]c(c5c(N(C)C)cc(C(C)(C)C)cc45)=N3)C12. The van der Waals surface area contributed by atoms with Gasteiger partial charge in [-0.05, 0) is 86.4 Å². The lowest BCUT2D eigenvalue weighted by atomic mass is 9.78. The van der Waals surface area contributed by atoms with Gasteiger partial charge in [0.25, 0.3) is 0 Å². The molecule has 2 aliphatic heterocycles. The maximum Gasteiger partial charge on any atom is 0.160 e. The fourth-order valence-electron chi connectivity index (χ4n) is 9.63. The zero-order chi connectivity index (χ0) is 49.5. The summed E-state index contributed by atoms with van der Waals surface area (Å²) in [5.41, 5.74) is 12.3. The summed E-state index contributed by atoms with van der Waals surface area (Å²) in [4.78, 5) is 48.2. The van der Waals surface area contributed by atoms with E-state index in [0.29, 0.717) is 45.2 Å². The van der Waals surface area contributed by atoms with E-state index in [2.05, 4.69) is 223 Å². The summed E-state index contributed by atoms with van der Waals surface area (Å²) >= 11 is 0. The smallest absolute Gasteiger partial charge is 0.160 e. The van der Waals surface area contributed by atoms with Crippen molar-refractivity contribution < 1.29 is 0 Å². The van der Waals surface area contributed by atoms with E-state index in [1.54, 1.807) is 0 Å². The first kappa shape index (κ1) is 46.7. The predicted molar refractivity (Wildman–Crippen MR) is 285 cm³/mol. The summed E-state index contributed by atoms with van der Waals surface area (Å²) in [6.07, 6.45) is 4.62. The Labute approximate surface area is 401 Å². The molecule has 5 heterocycles. The standard InChI is InChI=1S/C56H72N12/c1-53(2,3)29-21-33-41(37(25-29)65(13)14)49-57-45(33)61-50-42-34(22-30(54(4,5)6)26-38(42)66(15)16)47(58-50)63-52-44-36(24-32(56(10,11)12)28-40(44)68(19)20)48(60-52)64-51-43-35(46(59-51)62-49)23-31(55(7,8)9)27-39(43)67(17)18/h21-28,41,60H,1-20H3,(H,58,61,63)(H,57,59,62,64). The molecular weight excluding hydrogens is 841 g/mol. The molecule has 6 aromatic rings. The van der Waals surface area contributed by atoms with Crippen LogP contribution in [0.1, 0.15) is 99.8 Å². The first-order valence-electron chi connectivity index (χ1n) is 23.9. The zero-order valence-electron chi connectivity index (χ0n) is 44.2. The highest BCUT2D eigenvalue weighted by Gasteiger charge is 2.38. The Kier molecular flexibility index (Phi) is 10.7. The predicted octanol–water partition coefficient (Wildman–Crippen LogP) is 10.0. The normalized spacial score (nSPS) is 17.0. The molecule has 1 aliphatic carbocycles. The molecule has 3 aromatic carbocycles. The molecule has 0 radical (unpaired) electrons. The van der Waals surface area contributed by atoms with Gasteiger partial charge in [0, 0.05) is 101 Å². The van der Waals surface area contributed by atoms with E-state index in [1.807, 2.05) is 0 Å². The number of hydrogen-bond acceptors (Lipinski definition) is 9. The molecule has 0 saturated heterocycles. The van der Waals surface area contributed by atoms with Crippen LogP contribution in [-0.4, -0.2) is 82.1 Å². The van der Waals surface area contributed by atoms with E-state index in [4.69, 9.17) is 25.0 Å². The minimum Gasteiger partial charge on any atom is -0.380 e. The minimum atomic E-state index is -0.274. The van der Waals surface area contributed by atoms with Gasteiger partial charge in [0.2, 0.25) is 0 Å². The first-order chi connectivity index (χ1) is 31.5. The number of nitrogens with zero attached hydrogens (tertiary/aromatic N) is 9. The quantitative estimate of drug-likeness (QED) is 0.163. The number of aromatic amines is 3. The average Bonchev–Trinajstić information content (AvgIpc) is 3.96. The lowest BCUT2D eigenvalue weighted by Gasteiger charge is -2.32. The van der Waals surface area contributed by atoms with E-state index in [-0.39, 0.29) is 27.6 Å². The number of hydrogen-bond donors (Lipinski definition) is 3. The summed E-state index contributed by atoms with van der Waals surface area (Å²) in [5.74, 6) is 2.42. The summed E-state index contributed by atoms with van der Waals surface area (Å²) < 4.78 is 0. The van der Waals surface area contributed by atoms with Crippen molar-refractivity contribution in [3.8, 4) is 0 Å². The van der Waals surface area contributed by atoms with Gasteiger partial charge in [-0.25, -0.2) is 25.0 Å². The molecule has 0 saturated carbocycles. The molecule has 356 valence electrons. The van der Waals surface area contributed by atoms with Gasteiger partial charge in [-0.2, -0.15) is 0 Å². The zero-order valence-corrected chi connectivity index (χ0v) is 44.2. The minimum absolute atomic E-state index is 0.138. The van der Waals surface area contributed by atoms with E-state index >= 15 is 0 Å². The van der Waals surface area contributed by atoms with Crippen molar-refractivity contribution in [1.29, 1.82) is 0 Å². The van der Waals surface area contributed by atoms with Crippen LogP contribution in [0.2, 0.25) is 0 Å². The second-order valence-electron chi connectivity index (χ2n) is 24.1. The molecule has 0 amide bonds. The van der Waals surface area contributed by atoms with Crippen LogP contribution in [0.4, 0.5) is 28.7 Å². The summed E-state index contributed by atoms with van der Waals surface area (Å²) in [5, 5.41) is 5.88. The molecule has 3 aliphatic rings. The second kappa shape index (κ2) is 15.5. The Hall–Kier alpha value is -6.43. The van der Waals surface area contributed by atoms with Crippen molar-refractivity contribution in [1.82, 2.24) is 19.9 Å². The van der Waals surface area contributed by atoms with Crippen LogP contribution in [0.25, 0.3) is 32.3 Å². The van der Waals surface area contributed by atoms with Gasteiger partial charge in [-0.15, -0.1) is 0 Å². The van der Waals surface area contributed by atoms with Crippen molar-refractivity contribution in [2.75, 3.05) is 71.1 Å². The number of allylic oxidation sites excluding steroid dienone is 3. The third-order valence-electron chi connectivity index (χ3n) is 13.8. The molecule has 12 nitrogen and oxygen atoms in total. The van der Waals surface area contributed by atoms with Crippen LogP contribution < -0.4 is 36.7 Å². The molecular formula is C56H72N12. The molecule has 3 aromatic heterocycles. The highest BCUT2D eigenvalue weighted by Crippen LogP contribution is 2.45. The second-order valence-corrected chi connectivity index (χ2v) is 24.1. The van der Waals surface area contributed by atoms with Gasteiger partial charge in [0.1, 0.15) is 39.4 Å². The Bertz CT molecular complexity index is 3490. The van der Waals surface area contributed by atoms with Gasteiger partial charge in [-0.3, -0.25) is 0 Å². The van der Waals surface area contributed by atoms with Crippen LogP contribution in [0.15, 0.2) is 96.2 Å². The number of anilines is 3. The lowest BCUT2D eigenvalue weighted by molar-refractivity contribution is 0.461. The van der Waals surface area contributed by atoms with Crippen LogP contribution in [0.5, 0.6) is 0 Å². The number of benzene rings is 3. The van der Waals surface area contributed by atoms with Crippen molar-refractivity contribution >= 4 is 66.9 Å². The number of rotatable bonds is 4. The van der Waals surface area contributed by atoms with Crippen LogP contribution in [-0.2, 0) is 16.2 Å². The number of aliphatic imine (C=N–C) groups is 1. The Morgan fingerprint density at radius 2 is 0.853 bits per heavy atom. The fourth-order valence-corrected chi connectivity index (χ4v) is 9.63. The summed E-state index contributed by atoms with van der Waals surface area (Å²) in [6, 6.07) is 13.8. The Morgan fingerprint density at radius 1 is 0.412 bits per heavy atom. The van der Waals surface area contributed by atoms with E-state index in [9.17, 15) is 0 Å². The molecule has 68 heavy (non-hydrogen) atoms. The van der Waals surface area contributed by atoms with Gasteiger partial charge in [0.05, 0.1) is 22.1 Å². The third kappa shape index (κ3) is 7.83. The lowest BCUT2D eigenvalue weighted by Crippen LogP contribution is -2.29. The molecule has 8 bridgehead atoms. The van der Waals surface area contributed by atoms with E-state index in [1.165, 1.54) is 22.3 Å². The van der Waals surface area contributed by atoms with Crippen LogP contribution in [0.3, 0.4) is 0 Å². The van der Waals surface area contributed by atoms with E-state index in [0.717, 1.165) is 60.6 Å². The van der Waals surface area contributed by atoms with Crippen molar-refractivity contribution in [2.45, 2.75) is 99.3 Å². The molecule has 1 atom stereocenters. The van der Waals surface area contributed by atoms with Crippen molar-refractivity contribution in [3.63, 3.8) is 0 Å². The highest BCUT2D eigenvalue weighted by atomic mass is 15.2. The van der Waals surface area contributed by atoms with Crippen molar-refractivity contribution in [3.05, 3.63) is 110 Å². The molecule has 1 unspecified atom stereocenters. The first-order valence-corrected chi connectivity index (χ1v) is 23.9. The maximum absolute atomic E-state index is 5.64. The number of nitrogens with one attached hydrogen (secondary N) is 3. The highest BCUT2D eigenvalue weighted by molar-refractivity contribution is 6.08. The fraction of sp³-hybridized carbons (Fsp3) is 0.446. The Morgan fingerprint density at radius 3 is 1.31 bits per heavy atom. The number of amidine groups is 1. The molecule has 12 heteroatoms.